The second-order valence-electron chi connectivity index (χ2n) is 9.19. The number of fused-ring (bicyclic) bond motifs is 1. The van der Waals surface area contributed by atoms with Crippen molar-refractivity contribution in [3.63, 3.8) is 0 Å². The monoisotopic (exact) mass is 515 g/mol. The first-order valence-corrected chi connectivity index (χ1v) is 12.1. The average Bonchev–Trinajstić information content (AvgIpc) is 3.48. The number of halogens is 2. The number of imidazole rings is 1. The van der Waals surface area contributed by atoms with Crippen molar-refractivity contribution < 1.29 is 13.6 Å². The Morgan fingerprint density at radius 2 is 1.87 bits per heavy atom. The summed E-state index contributed by atoms with van der Waals surface area (Å²) in [6, 6.07) is 16.8. The zero-order valence-electron chi connectivity index (χ0n) is 20.9. The number of benzene rings is 3. The molecule has 0 unspecified atom stereocenters. The highest BCUT2D eigenvalue weighted by Gasteiger charge is 2.22. The number of nitrogens with one attached hydrogen (secondary N) is 4. The van der Waals surface area contributed by atoms with Gasteiger partial charge in [0.1, 0.15) is 17.5 Å². The smallest absolute Gasteiger partial charge is 0.315 e. The van der Waals surface area contributed by atoms with Crippen LogP contribution >= 0.6 is 0 Å². The molecule has 2 aromatic heterocycles. The van der Waals surface area contributed by atoms with Crippen LogP contribution in [0.1, 0.15) is 34.3 Å². The van der Waals surface area contributed by atoms with Gasteiger partial charge in [0.15, 0.2) is 5.82 Å². The number of H-pyrrole nitrogens is 2. The Kier molecular flexibility index (Phi) is 6.78. The van der Waals surface area contributed by atoms with Crippen molar-refractivity contribution in [1.82, 2.24) is 30.8 Å². The summed E-state index contributed by atoms with van der Waals surface area (Å²) in [4.78, 5) is 21.0. The molecule has 0 saturated carbocycles. The summed E-state index contributed by atoms with van der Waals surface area (Å²) in [5, 5.41) is 13.3. The number of rotatable bonds is 7. The quantitative estimate of drug-likeness (QED) is 0.204. The number of nitrogens with two attached hydrogens (primary N) is 1. The van der Waals surface area contributed by atoms with Gasteiger partial charge in [-0.2, -0.15) is 5.10 Å². The molecule has 0 aliphatic carbocycles. The van der Waals surface area contributed by atoms with Crippen molar-refractivity contribution in [2.24, 2.45) is 0 Å². The summed E-state index contributed by atoms with van der Waals surface area (Å²) in [5.41, 5.74) is 10.2. The predicted octanol–water partition coefficient (Wildman–Crippen LogP) is 5.21. The number of aromatic nitrogens is 4. The van der Waals surface area contributed by atoms with Gasteiger partial charge in [-0.05, 0) is 49.6 Å². The van der Waals surface area contributed by atoms with Gasteiger partial charge in [-0.1, -0.05) is 42.5 Å². The molecule has 0 aliphatic rings. The third kappa shape index (κ3) is 5.06. The molecule has 0 spiro atoms. The van der Waals surface area contributed by atoms with E-state index in [4.69, 9.17) is 10.7 Å². The fourth-order valence-corrected chi connectivity index (χ4v) is 4.44. The number of amides is 2. The zero-order chi connectivity index (χ0) is 26.8. The van der Waals surface area contributed by atoms with Crippen LogP contribution in [0.3, 0.4) is 0 Å². The number of anilines is 1. The van der Waals surface area contributed by atoms with Crippen LogP contribution in [0.2, 0.25) is 0 Å². The summed E-state index contributed by atoms with van der Waals surface area (Å²) in [5.74, 6) is -0.409. The zero-order valence-corrected chi connectivity index (χ0v) is 20.9. The van der Waals surface area contributed by atoms with Crippen molar-refractivity contribution in [3.05, 3.63) is 101 Å². The van der Waals surface area contributed by atoms with E-state index in [0.717, 1.165) is 33.4 Å². The molecule has 5 aromatic rings. The Bertz CT molecular complexity index is 1610. The number of hydrogen-bond acceptors (Lipinski definition) is 4. The highest BCUT2D eigenvalue weighted by Crippen LogP contribution is 2.28. The molecule has 10 heteroatoms. The number of carbonyl (C=O) groups is 1. The lowest BCUT2D eigenvalue weighted by molar-refractivity contribution is 0.236. The molecule has 0 aliphatic heterocycles. The predicted molar refractivity (Wildman–Crippen MR) is 142 cm³/mol. The first-order chi connectivity index (χ1) is 18.3. The highest BCUT2D eigenvalue weighted by atomic mass is 19.1. The van der Waals surface area contributed by atoms with Crippen LogP contribution in [0.4, 0.5) is 19.4 Å². The van der Waals surface area contributed by atoms with Crippen molar-refractivity contribution in [2.75, 3.05) is 5.73 Å². The summed E-state index contributed by atoms with van der Waals surface area (Å²) >= 11 is 0. The third-order valence-corrected chi connectivity index (χ3v) is 6.49. The molecular formula is C28H27F2N7O. The molecular weight excluding hydrogens is 488 g/mol. The Balaban J connectivity index is 1.40. The number of aryl methyl sites for hydroxylation is 2. The van der Waals surface area contributed by atoms with Gasteiger partial charge in [-0.25, -0.2) is 18.6 Å². The average molecular weight is 516 g/mol. The van der Waals surface area contributed by atoms with Crippen molar-refractivity contribution >= 4 is 22.8 Å². The number of carbonyl (C=O) groups excluding carboxylic acids is 1. The van der Waals surface area contributed by atoms with E-state index in [2.05, 4.69) is 25.8 Å². The van der Waals surface area contributed by atoms with E-state index in [1.807, 2.05) is 55.5 Å². The maximum absolute atomic E-state index is 14.4. The summed E-state index contributed by atoms with van der Waals surface area (Å²) < 4.78 is 28.6. The van der Waals surface area contributed by atoms with Crippen LogP contribution in [-0.4, -0.2) is 26.2 Å². The molecule has 194 valence electrons. The summed E-state index contributed by atoms with van der Waals surface area (Å²) in [6.07, 6.45) is 0.448. The molecule has 8 nitrogen and oxygen atoms in total. The number of aromatic amines is 2. The minimum absolute atomic E-state index is 0.189. The standard InChI is InChI=1S/C28H27F2N7O/c1-15-8-11-21(29)20(24(15)30)14-32-28(38)34-23(12-17-6-4-3-5-7-17)27-33-16(2)25(35-27)18-9-10-19-22(13-18)36-37-26(19)31/h3-11,13,23H,12,14H2,1-2H3,(H,33,35)(H3,31,36,37)(H2,32,34,38)/t23-/m0/s1. The molecule has 0 saturated heterocycles. The fraction of sp³-hybridized carbons (Fsp3) is 0.179. The van der Waals surface area contributed by atoms with Gasteiger partial charge in [0.25, 0.3) is 0 Å². The van der Waals surface area contributed by atoms with Crippen LogP contribution in [0, 0.1) is 25.5 Å². The summed E-state index contributed by atoms with van der Waals surface area (Å²) in [6.45, 7) is 3.16. The van der Waals surface area contributed by atoms with Crippen LogP contribution in [0.5, 0.6) is 0 Å². The maximum Gasteiger partial charge on any atom is 0.315 e. The van der Waals surface area contributed by atoms with Gasteiger partial charge in [0, 0.05) is 22.2 Å². The van der Waals surface area contributed by atoms with Crippen molar-refractivity contribution in [2.45, 2.75) is 32.9 Å². The summed E-state index contributed by atoms with van der Waals surface area (Å²) in [7, 11) is 0. The second-order valence-corrected chi connectivity index (χ2v) is 9.19. The Morgan fingerprint density at radius 3 is 2.66 bits per heavy atom. The third-order valence-electron chi connectivity index (χ3n) is 6.49. The molecule has 2 amide bonds. The molecule has 6 N–H and O–H groups in total. The van der Waals surface area contributed by atoms with E-state index in [0.29, 0.717) is 23.6 Å². The molecule has 38 heavy (non-hydrogen) atoms. The number of hydrogen-bond donors (Lipinski definition) is 5. The molecule has 0 radical (unpaired) electrons. The molecule has 5 rings (SSSR count). The van der Waals surface area contributed by atoms with E-state index < -0.39 is 23.7 Å². The van der Waals surface area contributed by atoms with Gasteiger partial charge in [-0.3, -0.25) is 5.10 Å². The van der Waals surface area contributed by atoms with E-state index in [-0.39, 0.29) is 12.1 Å². The largest absolute Gasteiger partial charge is 0.382 e. The maximum atomic E-state index is 14.4. The highest BCUT2D eigenvalue weighted by molar-refractivity contribution is 5.91. The van der Waals surface area contributed by atoms with Crippen LogP contribution in [-0.2, 0) is 13.0 Å². The van der Waals surface area contributed by atoms with Gasteiger partial charge < -0.3 is 21.4 Å². The second kappa shape index (κ2) is 10.3. The van der Waals surface area contributed by atoms with E-state index >= 15 is 0 Å². The van der Waals surface area contributed by atoms with Gasteiger partial charge in [0.05, 0.1) is 23.8 Å². The lowest BCUT2D eigenvalue weighted by atomic mass is 10.1. The Morgan fingerprint density at radius 1 is 1.08 bits per heavy atom. The molecule has 0 fully saturated rings. The molecule has 3 aromatic carbocycles. The number of nitrogen functional groups attached to an aromatic ring is 1. The SMILES string of the molecule is Cc1ccc(F)c(CNC(=O)N[C@@H](Cc2ccccc2)c2nc(-c3ccc4c(N)n[nH]c4c3)c(C)[nH]2)c1F. The molecule has 2 heterocycles. The normalized spacial score (nSPS) is 12.0. The first kappa shape index (κ1) is 24.9. The van der Waals surface area contributed by atoms with Gasteiger partial charge >= 0.3 is 6.03 Å². The topological polar surface area (TPSA) is 125 Å². The van der Waals surface area contributed by atoms with E-state index in [1.54, 1.807) is 6.92 Å². The van der Waals surface area contributed by atoms with Crippen LogP contribution < -0.4 is 16.4 Å². The van der Waals surface area contributed by atoms with Gasteiger partial charge in [0.2, 0.25) is 0 Å². The Labute approximate surface area is 217 Å². The van der Waals surface area contributed by atoms with Crippen LogP contribution in [0.15, 0.2) is 60.7 Å². The minimum atomic E-state index is -0.712. The van der Waals surface area contributed by atoms with Crippen LogP contribution in [0.25, 0.3) is 22.2 Å². The van der Waals surface area contributed by atoms with E-state index in [1.165, 1.54) is 12.1 Å². The number of nitrogens with zero attached hydrogens (tertiary/aromatic N) is 2. The van der Waals surface area contributed by atoms with Crippen molar-refractivity contribution in [1.29, 1.82) is 0 Å². The number of urea groups is 1. The Hall–Kier alpha value is -4.73. The fourth-order valence-electron chi connectivity index (χ4n) is 4.44. The molecule has 1 atom stereocenters. The molecule has 0 bridgehead atoms. The van der Waals surface area contributed by atoms with E-state index in [9.17, 15) is 13.6 Å². The lowest BCUT2D eigenvalue weighted by Crippen LogP contribution is -2.39. The first-order valence-electron chi connectivity index (χ1n) is 12.1. The minimum Gasteiger partial charge on any atom is -0.382 e. The van der Waals surface area contributed by atoms with Crippen molar-refractivity contribution in [3.8, 4) is 11.3 Å². The van der Waals surface area contributed by atoms with Gasteiger partial charge in [-0.15, -0.1) is 0 Å². The lowest BCUT2D eigenvalue weighted by Gasteiger charge is -2.18.